The molecule has 12 nitrogen and oxygen atoms in total. The van der Waals surface area contributed by atoms with Crippen molar-refractivity contribution in [2.24, 2.45) is 5.16 Å². The molecule has 3 atom stereocenters. The molecule has 1 aromatic heterocycles. The van der Waals surface area contributed by atoms with Crippen LogP contribution in [0.25, 0.3) is 0 Å². The topological polar surface area (TPSA) is 146 Å². The maximum Gasteiger partial charge on any atom is 0.343 e. The number of hydrogen-bond donors (Lipinski definition) is 1. The van der Waals surface area contributed by atoms with Gasteiger partial charge in [0, 0.05) is 49.8 Å². The van der Waals surface area contributed by atoms with Crippen molar-refractivity contribution < 1.29 is 42.3 Å². The van der Waals surface area contributed by atoms with Crippen LogP contribution < -0.4 is 20.2 Å². The summed E-state index contributed by atoms with van der Waals surface area (Å²) < 4.78 is 40.8. The molecule has 4 heterocycles. The van der Waals surface area contributed by atoms with Crippen LogP contribution in [0.4, 0.5) is 8.78 Å². The Bertz CT molecular complexity index is 2140. The van der Waals surface area contributed by atoms with Crippen LogP contribution in [0.15, 0.2) is 58.6 Å². The van der Waals surface area contributed by atoms with Crippen LogP contribution in [0.2, 0.25) is 0 Å². The Morgan fingerprint density at radius 2 is 1.66 bits per heavy atom. The van der Waals surface area contributed by atoms with Gasteiger partial charge < -0.3 is 29.1 Å². The molecule has 2 aromatic carbocycles. The van der Waals surface area contributed by atoms with Gasteiger partial charge in [-0.25, -0.2) is 13.6 Å². The predicted octanol–water partition coefficient (Wildman–Crippen LogP) is 8.60. The summed E-state index contributed by atoms with van der Waals surface area (Å²) in [4.78, 5) is 76.5. The van der Waals surface area contributed by atoms with Gasteiger partial charge in [-0.3, -0.25) is 19.2 Å². The average molecular weight is 817 g/mol. The number of oxime groups is 1. The summed E-state index contributed by atoms with van der Waals surface area (Å²) in [6, 6.07) is 7.72. The molecular formula is C45H54F2N4O8. The van der Waals surface area contributed by atoms with Gasteiger partial charge in [0.15, 0.2) is 11.3 Å². The third-order valence-electron chi connectivity index (χ3n) is 11.6. The lowest BCUT2D eigenvalue weighted by Gasteiger charge is -2.42. The largest absolute Gasteiger partial charge is 0.427 e. The smallest absolute Gasteiger partial charge is 0.343 e. The molecule has 59 heavy (non-hydrogen) atoms. The van der Waals surface area contributed by atoms with Crippen LogP contribution in [-0.4, -0.2) is 57.1 Å². The van der Waals surface area contributed by atoms with Crippen LogP contribution in [0.1, 0.15) is 160 Å². The van der Waals surface area contributed by atoms with Crippen molar-refractivity contribution in [3.05, 3.63) is 92.9 Å². The lowest BCUT2D eigenvalue weighted by atomic mass is 9.84. The lowest BCUT2D eigenvalue weighted by molar-refractivity contribution is -0.134. The van der Waals surface area contributed by atoms with Gasteiger partial charge in [-0.2, -0.15) is 0 Å². The van der Waals surface area contributed by atoms with Gasteiger partial charge in [0.05, 0.1) is 17.3 Å². The third kappa shape index (κ3) is 10.3. The molecule has 1 N–H and O–H groups in total. The zero-order valence-corrected chi connectivity index (χ0v) is 34.2. The van der Waals surface area contributed by atoms with Crippen LogP contribution in [0.3, 0.4) is 0 Å². The second kappa shape index (κ2) is 19.6. The number of fused-ring (bicyclic) bond motifs is 5. The maximum atomic E-state index is 14.5. The molecule has 1 saturated heterocycles. The van der Waals surface area contributed by atoms with E-state index in [9.17, 15) is 32.8 Å². The quantitative estimate of drug-likeness (QED) is 0.0764. The van der Waals surface area contributed by atoms with Crippen LogP contribution in [0.5, 0.6) is 11.5 Å². The Morgan fingerprint density at radius 1 is 0.949 bits per heavy atom. The summed E-state index contributed by atoms with van der Waals surface area (Å²) in [5, 5.41) is 6.73. The minimum Gasteiger partial charge on any atom is -0.427 e. The standard InChI is InChI=1S/C45H54F2N4O8/c1-4-5-6-7-8-9-10-11-12-13-14-18-38(52)57-34-17-15-16-31(23-34)44(56)58-41-39-43(55)50-28-37(45(22-21-30(50)3)25-29(2)49-59-45)51(39)27-35(40(41)53)42(54)48-26-32-19-20-33(46)24-36(32)47/h15-17,19-20,23-24,27,30,37H,4-14,18,21-22,25-26,28H2,1-3H3,(H,48,54)/t30-,37+,45-/m0/s1. The molecule has 0 unspecified atom stereocenters. The number of unbranched alkanes of at least 4 members (excludes halogenated alkanes) is 10. The number of halogens is 2. The lowest BCUT2D eigenvalue weighted by Crippen LogP contribution is -2.52. The van der Waals surface area contributed by atoms with Crippen molar-refractivity contribution >= 4 is 29.5 Å². The van der Waals surface area contributed by atoms with E-state index in [4.69, 9.17) is 14.3 Å². The molecule has 3 aliphatic heterocycles. The molecule has 3 aromatic rings. The molecule has 2 amide bonds. The number of esters is 2. The highest BCUT2D eigenvalue weighted by molar-refractivity contribution is 6.01. The highest BCUT2D eigenvalue weighted by atomic mass is 19.1. The Kier molecular flexibility index (Phi) is 14.3. The van der Waals surface area contributed by atoms with E-state index in [0.717, 1.165) is 31.0 Å². The van der Waals surface area contributed by atoms with E-state index in [0.29, 0.717) is 31.7 Å². The zero-order valence-electron chi connectivity index (χ0n) is 34.2. The number of hydrogen-bond acceptors (Lipinski definition) is 9. The number of amides is 2. The summed E-state index contributed by atoms with van der Waals surface area (Å²) >= 11 is 0. The van der Waals surface area contributed by atoms with Crippen molar-refractivity contribution in [1.82, 2.24) is 14.8 Å². The Labute approximate surface area is 343 Å². The molecule has 1 fully saturated rings. The summed E-state index contributed by atoms with van der Waals surface area (Å²) in [6.45, 7) is 5.70. The monoisotopic (exact) mass is 816 g/mol. The van der Waals surface area contributed by atoms with E-state index in [-0.39, 0.29) is 48.1 Å². The second-order valence-electron chi connectivity index (χ2n) is 16.1. The molecule has 3 aliphatic rings. The zero-order chi connectivity index (χ0) is 42.1. The minimum absolute atomic E-state index is 0.0293. The van der Waals surface area contributed by atoms with E-state index in [1.807, 2.05) is 13.8 Å². The van der Waals surface area contributed by atoms with Gasteiger partial charge in [0.25, 0.3) is 11.8 Å². The van der Waals surface area contributed by atoms with Crippen LogP contribution in [-0.2, 0) is 16.2 Å². The number of ether oxygens (including phenoxy) is 2. The maximum absolute atomic E-state index is 14.5. The number of nitrogens with zero attached hydrogens (tertiary/aromatic N) is 3. The highest BCUT2D eigenvalue weighted by Gasteiger charge is 2.54. The van der Waals surface area contributed by atoms with Gasteiger partial charge in [0.2, 0.25) is 11.2 Å². The number of nitrogens with one attached hydrogen (secondary N) is 1. The van der Waals surface area contributed by atoms with E-state index >= 15 is 0 Å². The number of benzene rings is 2. The summed E-state index contributed by atoms with van der Waals surface area (Å²) in [5.74, 6) is -5.25. The third-order valence-corrected chi connectivity index (χ3v) is 11.6. The first-order chi connectivity index (χ1) is 28.4. The number of pyridine rings is 1. The van der Waals surface area contributed by atoms with Gasteiger partial charge in [-0.15, -0.1) is 0 Å². The minimum atomic E-state index is -1.05. The van der Waals surface area contributed by atoms with Crippen molar-refractivity contribution in [3.8, 4) is 11.5 Å². The van der Waals surface area contributed by atoms with Crippen molar-refractivity contribution in [2.75, 3.05) is 6.54 Å². The number of aromatic nitrogens is 1. The van der Waals surface area contributed by atoms with Crippen molar-refractivity contribution in [1.29, 1.82) is 0 Å². The van der Waals surface area contributed by atoms with Gasteiger partial charge >= 0.3 is 11.9 Å². The predicted molar refractivity (Wildman–Crippen MR) is 217 cm³/mol. The van der Waals surface area contributed by atoms with Crippen LogP contribution >= 0.6 is 0 Å². The fourth-order valence-corrected chi connectivity index (χ4v) is 8.26. The highest BCUT2D eigenvalue weighted by Crippen LogP contribution is 2.46. The van der Waals surface area contributed by atoms with E-state index in [1.54, 1.807) is 4.90 Å². The van der Waals surface area contributed by atoms with E-state index in [2.05, 4.69) is 17.4 Å². The summed E-state index contributed by atoms with van der Waals surface area (Å²) in [6.07, 6.45) is 15.5. The van der Waals surface area contributed by atoms with Crippen LogP contribution in [0, 0.1) is 11.6 Å². The molecule has 0 saturated carbocycles. The second-order valence-corrected chi connectivity index (χ2v) is 16.1. The molecule has 1 spiro atoms. The molecule has 0 aliphatic carbocycles. The Balaban J connectivity index is 1.21. The number of rotatable bonds is 18. The Hall–Kier alpha value is -5.40. The molecule has 2 bridgehead atoms. The normalized spacial score (nSPS) is 19.4. The van der Waals surface area contributed by atoms with Crippen molar-refractivity contribution in [2.45, 2.75) is 141 Å². The van der Waals surface area contributed by atoms with Crippen molar-refractivity contribution in [3.63, 3.8) is 0 Å². The first-order valence-electron chi connectivity index (χ1n) is 21.0. The molecule has 316 valence electrons. The molecule has 6 rings (SSSR count). The number of carbonyl (C=O) groups is 4. The van der Waals surface area contributed by atoms with E-state index in [1.165, 1.54) is 86.0 Å². The average Bonchev–Trinajstić information content (AvgIpc) is 3.54. The molecule has 14 heteroatoms. The fraction of sp³-hybridized carbons (Fsp3) is 0.511. The first-order valence-corrected chi connectivity index (χ1v) is 21.0. The van der Waals surface area contributed by atoms with Gasteiger partial charge in [-0.05, 0) is 57.4 Å². The Morgan fingerprint density at radius 3 is 2.34 bits per heavy atom. The van der Waals surface area contributed by atoms with E-state index < -0.39 is 63.8 Å². The first kappa shape index (κ1) is 43.2. The summed E-state index contributed by atoms with van der Waals surface area (Å²) in [7, 11) is 0. The fourth-order valence-electron chi connectivity index (χ4n) is 8.26. The molecular weight excluding hydrogens is 763 g/mol. The summed E-state index contributed by atoms with van der Waals surface area (Å²) in [5.41, 5.74) is -2.07. The van der Waals surface area contributed by atoms with Gasteiger partial charge in [-0.1, -0.05) is 88.4 Å². The molecule has 0 radical (unpaired) electrons. The van der Waals surface area contributed by atoms with Gasteiger partial charge in [0.1, 0.15) is 22.9 Å². The number of carbonyl (C=O) groups excluding carboxylic acids is 4. The SMILES string of the molecule is CCCCCCCCCCCCCC(=O)Oc1cccc(C(=O)Oc2c3n(cc(C(=O)NCc4ccc(F)cc4F)c2=O)[C@@H]2CN(C3=O)[C@@H](C)CC[C@]23CC(C)=NO3)c1.